The van der Waals surface area contributed by atoms with E-state index in [2.05, 4.69) is 22.1 Å². The number of H-pyrrole nitrogens is 1. The highest BCUT2D eigenvalue weighted by molar-refractivity contribution is 5.88. The number of hydrogen-bond acceptors (Lipinski definition) is 5. The van der Waals surface area contributed by atoms with Crippen LogP contribution in [0, 0.1) is 0 Å². The Hall–Kier alpha value is -1.66. The lowest BCUT2D eigenvalue weighted by atomic mass is 10.2. The molecule has 0 amide bonds. The standard InChI is InChI=1S/C12H19N3O3/c1-3-6-17-7-5-13-8-10-9-14-15-11(10)12(16)18-4-2/h3,9,13H,1,4-8H2,2H3,(H,14,15). The third-order valence-corrected chi connectivity index (χ3v) is 2.17. The van der Waals surface area contributed by atoms with Crippen LogP contribution in [0.25, 0.3) is 0 Å². The Morgan fingerprint density at radius 3 is 3.22 bits per heavy atom. The molecule has 6 nitrogen and oxygen atoms in total. The van der Waals surface area contributed by atoms with Gasteiger partial charge >= 0.3 is 5.97 Å². The van der Waals surface area contributed by atoms with E-state index >= 15 is 0 Å². The van der Waals surface area contributed by atoms with Gasteiger partial charge in [0.25, 0.3) is 0 Å². The van der Waals surface area contributed by atoms with Crippen molar-refractivity contribution in [1.82, 2.24) is 15.5 Å². The summed E-state index contributed by atoms with van der Waals surface area (Å²) in [5.74, 6) is -0.380. The molecule has 2 N–H and O–H groups in total. The van der Waals surface area contributed by atoms with E-state index in [0.717, 1.165) is 5.56 Å². The Labute approximate surface area is 106 Å². The Morgan fingerprint density at radius 2 is 2.50 bits per heavy atom. The van der Waals surface area contributed by atoms with Crippen molar-refractivity contribution in [2.24, 2.45) is 0 Å². The number of rotatable bonds is 9. The second-order valence-corrected chi connectivity index (χ2v) is 3.53. The third-order valence-electron chi connectivity index (χ3n) is 2.17. The number of esters is 1. The number of ether oxygens (including phenoxy) is 2. The highest BCUT2D eigenvalue weighted by Crippen LogP contribution is 2.05. The number of carbonyl (C=O) groups excluding carboxylic acids is 1. The Bertz CT molecular complexity index is 376. The maximum Gasteiger partial charge on any atom is 0.356 e. The lowest BCUT2D eigenvalue weighted by molar-refractivity contribution is 0.0518. The first kappa shape index (κ1) is 14.4. The largest absolute Gasteiger partial charge is 0.461 e. The number of carbonyl (C=O) groups is 1. The summed E-state index contributed by atoms with van der Waals surface area (Å²) in [5, 5.41) is 9.64. The van der Waals surface area contributed by atoms with Crippen molar-refractivity contribution in [3.63, 3.8) is 0 Å². The first-order chi connectivity index (χ1) is 8.79. The summed E-state index contributed by atoms with van der Waals surface area (Å²) in [6.45, 7) is 8.05. The summed E-state index contributed by atoms with van der Waals surface area (Å²) in [5.41, 5.74) is 1.19. The van der Waals surface area contributed by atoms with Crippen LogP contribution in [0.3, 0.4) is 0 Å². The second kappa shape index (κ2) is 8.43. The molecular weight excluding hydrogens is 234 g/mol. The lowest BCUT2D eigenvalue weighted by Crippen LogP contribution is -2.20. The van der Waals surface area contributed by atoms with Gasteiger partial charge in [0.15, 0.2) is 0 Å². The molecule has 0 atom stereocenters. The highest BCUT2D eigenvalue weighted by atomic mass is 16.5. The quantitative estimate of drug-likeness (QED) is 0.388. The molecule has 100 valence electrons. The molecule has 0 unspecified atom stereocenters. The van der Waals surface area contributed by atoms with E-state index < -0.39 is 0 Å². The van der Waals surface area contributed by atoms with E-state index in [-0.39, 0.29) is 5.97 Å². The SMILES string of the molecule is C=CCOCCNCc1cn[nH]c1C(=O)OCC. The van der Waals surface area contributed by atoms with Gasteiger partial charge in [-0.3, -0.25) is 5.10 Å². The molecule has 1 rings (SSSR count). The topological polar surface area (TPSA) is 76.2 Å². The lowest BCUT2D eigenvalue weighted by Gasteiger charge is -2.05. The first-order valence-corrected chi connectivity index (χ1v) is 5.88. The van der Waals surface area contributed by atoms with Gasteiger partial charge in [-0.25, -0.2) is 4.79 Å². The molecular formula is C12H19N3O3. The zero-order chi connectivity index (χ0) is 13.2. The maximum absolute atomic E-state index is 11.5. The molecule has 6 heteroatoms. The Morgan fingerprint density at radius 1 is 1.67 bits per heavy atom. The van der Waals surface area contributed by atoms with E-state index in [1.807, 2.05) is 0 Å². The van der Waals surface area contributed by atoms with Crippen LogP contribution in [0.2, 0.25) is 0 Å². The fraction of sp³-hybridized carbons (Fsp3) is 0.500. The molecule has 0 bridgehead atoms. The van der Waals surface area contributed by atoms with Crippen molar-refractivity contribution in [2.75, 3.05) is 26.4 Å². The maximum atomic E-state index is 11.5. The molecule has 0 aliphatic rings. The van der Waals surface area contributed by atoms with Gasteiger partial charge in [0, 0.05) is 18.7 Å². The zero-order valence-electron chi connectivity index (χ0n) is 10.6. The summed E-state index contributed by atoms with van der Waals surface area (Å²) in [7, 11) is 0. The summed E-state index contributed by atoms with van der Waals surface area (Å²) in [6, 6.07) is 0. The van der Waals surface area contributed by atoms with E-state index in [1.165, 1.54) is 0 Å². The molecule has 1 aromatic rings. The van der Waals surface area contributed by atoms with Crippen molar-refractivity contribution < 1.29 is 14.3 Å². The van der Waals surface area contributed by atoms with Crippen molar-refractivity contribution in [1.29, 1.82) is 0 Å². The third kappa shape index (κ3) is 4.68. The van der Waals surface area contributed by atoms with Gasteiger partial charge in [-0.15, -0.1) is 6.58 Å². The van der Waals surface area contributed by atoms with Crippen molar-refractivity contribution in [3.05, 3.63) is 30.1 Å². The van der Waals surface area contributed by atoms with E-state index in [0.29, 0.717) is 38.6 Å². The van der Waals surface area contributed by atoms with E-state index in [9.17, 15) is 4.79 Å². The average molecular weight is 253 g/mol. The molecule has 1 aromatic heterocycles. The average Bonchev–Trinajstić information content (AvgIpc) is 2.82. The molecule has 0 aliphatic carbocycles. The predicted molar refractivity (Wildman–Crippen MR) is 67.3 cm³/mol. The Balaban J connectivity index is 2.31. The molecule has 0 radical (unpaired) electrons. The number of hydrogen-bond donors (Lipinski definition) is 2. The zero-order valence-corrected chi connectivity index (χ0v) is 10.6. The van der Waals surface area contributed by atoms with Gasteiger partial charge in [-0.05, 0) is 6.92 Å². The van der Waals surface area contributed by atoms with Crippen LogP contribution in [0.15, 0.2) is 18.9 Å². The summed E-state index contributed by atoms with van der Waals surface area (Å²) in [6.07, 6.45) is 3.32. The van der Waals surface area contributed by atoms with Gasteiger partial charge in [-0.2, -0.15) is 5.10 Å². The number of nitrogens with zero attached hydrogens (tertiary/aromatic N) is 1. The minimum atomic E-state index is -0.380. The fourth-order valence-corrected chi connectivity index (χ4v) is 1.36. The molecule has 0 fully saturated rings. The van der Waals surface area contributed by atoms with Crippen molar-refractivity contribution in [2.45, 2.75) is 13.5 Å². The number of aromatic nitrogens is 2. The van der Waals surface area contributed by atoms with Gasteiger partial charge < -0.3 is 14.8 Å². The monoisotopic (exact) mass is 253 g/mol. The summed E-state index contributed by atoms with van der Waals surface area (Å²) < 4.78 is 10.1. The molecule has 0 saturated carbocycles. The van der Waals surface area contributed by atoms with Gasteiger partial charge in [-0.1, -0.05) is 6.08 Å². The first-order valence-electron chi connectivity index (χ1n) is 5.88. The van der Waals surface area contributed by atoms with Crippen LogP contribution < -0.4 is 5.32 Å². The van der Waals surface area contributed by atoms with Crippen LogP contribution in [0.1, 0.15) is 23.0 Å². The molecule has 0 aliphatic heterocycles. The number of aromatic amines is 1. The van der Waals surface area contributed by atoms with Crippen molar-refractivity contribution >= 4 is 5.97 Å². The highest BCUT2D eigenvalue weighted by Gasteiger charge is 2.13. The van der Waals surface area contributed by atoms with E-state index in [4.69, 9.17) is 9.47 Å². The molecule has 18 heavy (non-hydrogen) atoms. The van der Waals surface area contributed by atoms with Gasteiger partial charge in [0.05, 0.1) is 26.0 Å². The van der Waals surface area contributed by atoms with E-state index in [1.54, 1.807) is 19.2 Å². The molecule has 0 spiro atoms. The smallest absolute Gasteiger partial charge is 0.356 e. The van der Waals surface area contributed by atoms with Crippen LogP contribution in [0.4, 0.5) is 0 Å². The van der Waals surface area contributed by atoms with Gasteiger partial charge in [0.2, 0.25) is 0 Å². The normalized spacial score (nSPS) is 10.3. The summed E-state index contributed by atoms with van der Waals surface area (Å²) >= 11 is 0. The fourth-order valence-electron chi connectivity index (χ4n) is 1.36. The minimum Gasteiger partial charge on any atom is -0.461 e. The van der Waals surface area contributed by atoms with Gasteiger partial charge in [0.1, 0.15) is 5.69 Å². The second-order valence-electron chi connectivity index (χ2n) is 3.53. The van der Waals surface area contributed by atoms with Crippen LogP contribution >= 0.6 is 0 Å². The Kier molecular flexibility index (Phi) is 6.75. The number of nitrogens with one attached hydrogen (secondary N) is 2. The van der Waals surface area contributed by atoms with Crippen LogP contribution in [-0.4, -0.2) is 42.5 Å². The molecule has 0 aromatic carbocycles. The molecule has 0 saturated heterocycles. The minimum absolute atomic E-state index is 0.347. The predicted octanol–water partition coefficient (Wildman–Crippen LogP) is 0.879. The van der Waals surface area contributed by atoms with Crippen LogP contribution in [0.5, 0.6) is 0 Å². The molecule has 1 heterocycles. The van der Waals surface area contributed by atoms with Crippen LogP contribution in [-0.2, 0) is 16.0 Å². The van der Waals surface area contributed by atoms with Crippen molar-refractivity contribution in [3.8, 4) is 0 Å². The summed E-state index contributed by atoms with van der Waals surface area (Å²) in [4.78, 5) is 11.5.